The van der Waals surface area contributed by atoms with E-state index in [2.05, 4.69) is 4.98 Å². The molecule has 7 unspecified atom stereocenters. The number of thiazole rings is 1. The van der Waals surface area contributed by atoms with Gasteiger partial charge in [-0.1, -0.05) is 29.0 Å². The van der Waals surface area contributed by atoms with Gasteiger partial charge in [0, 0.05) is 5.25 Å². The highest BCUT2D eigenvalue weighted by Gasteiger charge is 2.70. The number of aryl methyl sites for hydroxylation is 1. The molecular formula is C22H20N2O5S2. The number of amides is 2. The van der Waals surface area contributed by atoms with E-state index in [9.17, 15) is 19.2 Å². The number of H-pyrrole nitrogens is 1. The van der Waals surface area contributed by atoms with Gasteiger partial charge in [-0.3, -0.25) is 24.1 Å². The fraction of sp³-hybridized carbons (Fsp3) is 0.455. The lowest BCUT2D eigenvalue weighted by Crippen LogP contribution is -2.44. The molecule has 9 heteroatoms. The molecular weight excluding hydrogens is 436 g/mol. The maximum absolute atomic E-state index is 13.5. The normalized spacial score (nSPS) is 35.2. The van der Waals surface area contributed by atoms with E-state index in [1.54, 1.807) is 11.8 Å². The second-order valence-electron chi connectivity index (χ2n) is 8.83. The van der Waals surface area contributed by atoms with Crippen molar-refractivity contribution in [3.05, 3.63) is 44.4 Å². The van der Waals surface area contributed by atoms with Gasteiger partial charge in [-0.15, -0.1) is 11.8 Å². The van der Waals surface area contributed by atoms with Gasteiger partial charge in [0.2, 0.25) is 11.8 Å². The summed E-state index contributed by atoms with van der Waals surface area (Å²) in [4.78, 5) is 56.4. The van der Waals surface area contributed by atoms with Crippen LogP contribution in [0.5, 0.6) is 0 Å². The predicted molar refractivity (Wildman–Crippen MR) is 115 cm³/mol. The molecule has 2 amide bonds. The first-order valence-electron chi connectivity index (χ1n) is 10.3. The van der Waals surface area contributed by atoms with E-state index in [-0.39, 0.29) is 51.6 Å². The number of nitrogens with one attached hydrogen (secondary N) is 1. The van der Waals surface area contributed by atoms with Crippen LogP contribution >= 0.6 is 23.1 Å². The first kappa shape index (κ1) is 19.3. The van der Waals surface area contributed by atoms with E-state index in [1.807, 2.05) is 31.2 Å². The van der Waals surface area contributed by atoms with Crippen LogP contribution in [0.25, 0.3) is 0 Å². The number of hydrogen-bond acceptors (Lipinski definition) is 7. The number of methoxy groups -OCH3 is 1. The number of carbonyl (C=O) groups excluding carboxylic acids is 3. The number of rotatable bonds is 2. The number of benzene rings is 1. The Hall–Kier alpha value is -2.39. The highest BCUT2D eigenvalue weighted by Crippen LogP contribution is 2.67. The maximum Gasteiger partial charge on any atom is 0.314 e. The van der Waals surface area contributed by atoms with Gasteiger partial charge >= 0.3 is 10.8 Å². The minimum atomic E-state index is -0.567. The quantitative estimate of drug-likeness (QED) is 0.551. The second-order valence-corrected chi connectivity index (χ2v) is 11.0. The number of thioether (sulfide) groups is 1. The summed E-state index contributed by atoms with van der Waals surface area (Å²) in [6.45, 7) is 1.96. The standard InChI is InChI=1S/C22H20N2O5S2/c1-8-3-5-9(6-4-8)24-19(25)13-10-7-11(14(13)20(24)26)16-12(10)15(21(27)29-2)17-18(30-16)23-22(28)31-17/h3-6,10-16H,7H2,1-2H3,(H,23,28). The van der Waals surface area contributed by atoms with Crippen LogP contribution in [-0.4, -0.2) is 35.1 Å². The monoisotopic (exact) mass is 456 g/mol. The third-order valence-electron chi connectivity index (χ3n) is 7.47. The minimum Gasteiger partial charge on any atom is -0.469 e. The largest absolute Gasteiger partial charge is 0.469 e. The van der Waals surface area contributed by atoms with Crippen LogP contribution in [0.15, 0.2) is 34.1 Å². The van der Waals surface area contributed by atoms with Crippen LogP contribution in [0.3, 0.4) is 0 Å². The van der Waals surface area contributed by atoms with Crippen molar-refractivity contribution in [3.8, 4) is 0 Å². The number of fused-ring (bicyclic) bond motifs is 9. The van der Waals surface area contributed by atoms with Gasteiger partial charge in [0.15, 0.2) is 0 Å². The summed E-state index contributed by atoms with van der Waals surface area (Å²) in [5.41, 5.74) is 1.67. The molecule has 6 rings (SSSR count). The van der Waals surface area contributed by atoms with E-state index in [4.69, 9.17) is 4.74 Å². The number of hydrogen-bond donors (Lipinski definition) is 1. The fourth-order valence-corrected chi connectivity index (χ4v) is 9.20. The summed E-state index contributed by atoms with van der Waals surface area (Å²) in [5, 5.41) is 0.714. The van der Waals surface area contributed by atoms with Crippen LogP contribution in [0.2, 0.25) is 0 Å². The number of aromatic nitrogens is 1. The highest BCUT2D eigenvalue weighted by molar-refractivity contribution is 8.00. The number of anilines is 1. The van der Waals surface area contributed by atoms with Crippen molar-refractivity contribution in [2.75, 3.05) is 12.0 Å². The molecule has 1 aromatic heterocycles. The molecule has 1 aromatic carbocycles. The van der Waals surface area contributed by atoms with Crippen molar-refractivity contribution < 1.29 is 19.1 Å². The molecule has 1 saturated heterocycles. The van der Waals surface area contributed by atoms with Gasteiger partial charge in [-0.25, -0.2) is 0 Å². The van der Waals surface area contributed by atoms with E-state index >= 15 is 0 Å². The second kappa shape index (κ2) is 6.56. The molecule has 2 aliphatic heterocycles. The minimum absolute atomic E-state index is 0.000562. The Labute approximate surface area is 186 Å². The molecule has 2 bridgehead atoms. The van der Waals surface area contributed by atoms with Gasteiger partial charge < -0.3 is 9.72 Å². The molecule has 2 aromatic rings. The molecule has 7 atom stereocenters. The Morgan fingerprint density at radius 3 is 2.45 bits per heavy atom. The zero-order valence-corrected chi connectivity index (χ0v) is 18.5. The van der Waals surface area contributed by atoms with E-state index in [0.29, 0.717) is 15.6 Å². The van der Waals surface area contributed by atoms with Crippen LogP contribution in [0.4, 0.5) is 5.69 Å². The summed E-state index contributed by atoms with van der Waals surface area (Å²) in [6, 6.07) is 7.43. The van der Waals surface area contributed by atoms with Crippen molar-refractivity contribution in [1.82, 2.24) is 4.98 Å². The summed E-state index contributed by atoms with van der Waals surface area (Å²) < 4.78 is 5.11. The molecule has 4 aliphatic rings. The molecule has 1 N–H and O–H groups in total. The van der Waals surface area contributed by atoms with Crippen molar-refractivity contribution in [2.24, 2.45) is 29.6 Å². The molecule has 160 valence electrons. The summed E-state index contributed by atoms with van der Waals surface area (Å²) >= 11 is 2.61. The molecule has 31 heavy (non-hydrogen) atoms. The van der Waals surface area contributed by atoms with Gasteiger partial charge in [0.1, 0.15) is 0 Å². The first-order chi connectivity index (χ1) is 14.9. The maximum atomic E-state index is 13.5. The summed E-state index contributed by atoms with van der Waals surface area (Å²) in [7, 11) is 1.35. The fourth-order valence-electron chi connectivity index (χ4n) is 6.36. The van der Waals surface area contributed by atoms with Crippen molar-refractivity contribution in [1.29, 1.82) is 0 Å². The zero-order chi connectivity index (χ0) is 21.6. The lowest BCUT2D eigenvalue weighted by atomic mass is 9.69. The number of imide groups is 1. The van der Waals surface area contributed by atoms with Gasteiger partial charge in [-0.05, 0) is 43.2 Å². The third-order valence-corrected chi connectivity index (χ3v) is 10.1. The van der Waals surface area contributed by atoms with Crippen LogP contribution in [-0.2, 0) is 19.1 Å². The van der Waals surface area contributed by atoms with Crippen LogP contribution < -0.4 is 9.77 Å². The molecule has 0 spiro atoms. The van der Waals surface area contributed by atoms with Crippen LogP contribution in [0.1, 0.15) is 22.8 Å². The van der Waals surface area contributed by atoms with Crippen LogP contribution in [0, 0.1) is 36.5 Å². The highest BCUT2D eigenvalue weighted by atomic mass is 32.2. The van der Waals surface area contributed by atoms with E-state index < -0.39 is 11.8 Å². The lowest BCUT2D eigenvalue weighted by Gasteiger charge is -2.41. The average molecular weight is 457 g/mol. The first-order valence-corrected chi connectivity index (χ1v) is 12.0. The SMILES string of the molecule is COC(=O)C1c2sc(=O)[nH]c2SC2C3CC(C4C(=O)N(c5ccc(C)cc5)C(=O)C34)C12. The Morgan fingerprint density at radius 1 is 1.10 bits per heavy atom. The molecule has 0 radical (unpaired) electrons. The van der Waals surface area contributed by atoms with E-state index in [1.165, 1.54) is 12.0 Å². The topological polar surface area (TPSA) is 96.5 Å². The average Bonchev–Trinajstić information content (AvgIpc) is 3.47. The number of aromatic amines is 1. The van der Waals surface area contributed by atoms with Gasteiger partial charge in [0.25, 0.3) is 0 Å². The zero-order valence-electron chi connectivity index (χ0n) is 16.9. The van der Waals surface area contributed by atoms with Crippen molar-refractivity contribution in [2.45, 2.75) is 29.5 Å². The molecule has 3 heterocycles. The predicted octanol–water partition coefficient (Wildman–Crippen LogP) is 2.55. The number of nitrogens with zero attached hydrogens (tertiary/aromatic N) is 1. The lowest BCUT2D eigenvalue weighted by molar-refractivity contribution is -0.145. The Bertz CT molecular complexity index is 1190. The molecule has 3 fully saturated rings. The molecule has 2 saturated carbocycles. The van der Waals surface area contributed by atoms with Gasteiger partial charge in [0.05, 0.1) is 40.5 Å². The molecule has 2 aliphatic carbocycles. The molecule has 7 nitrogen and oxygen atoms in total. The van der Waals surface area contributed by atoms with Crippen molar-refractivity contribution >= 4 is 46.6 Å². The number of esters is 1. The van der Waals surface area contributed by atoms with Gasteiger partial charge in [-0.2, -0.15) is 0 Å². The Morgan fingerprint density at radius 2 is 1.77 bits per heavy atom. The summed E-state index contributed by atoms with van der Waals surface area (Å²) in [6.07, 6.45) is 0.754. The number of carbonyl (C=O) groups is 3. The van der Waals surface area contributed by atoms with Crippen molar-refractivity contribution in [3.63, 3.8) is 0 Å². The summed E-state index contributed by atoms with van der Waals surface area (Å²) in [5.74, 6) is -2.20. The Balaban J connectivity index is 1.42. The smallest absolute Gasteiger partial charge is 0.314 e. The Kier molecular flexibility index (Phi) is 4.08. The van der Waals surface area contributed by atoms with E-state index in [0.717, 1.165) is 23.3 Å². The number of ether oxygens (including phenoxy) is 1. The third kappa shape index (κ3) is 2.47.